The van der Waals surface area contributed by atoms with Gasteiger partial charge in [-0.25, -0.2) is 0 Å². The minimum atomic E-state index is 0.131. The Balaban J connectivity index is 2.38. The van der Waals surface area contributed by atoms with Crippen LogP contribution in [-0.2, 0) is 6.54 Å². The van der Waals surface area contributed by atoms with E-state index in [4.69, 9.17) is 10.8 Å². The highest BCUT2D eigenvalue weighted by atomic mass is 32.1. The second-order valence-electron chi connectivity index (χ2n) is 2.76. The van der Waals surface area contributed by atoms with Gasteiger partial charge < -0.3 is 16.2 Å². The van der Waals surface area contributed by atoms with Gasteiger partial charge in [-0.05, 0) is 18.4 Å². The van der Waals surface area contributed by atoms with Gasteiger partial charge in [0.25, 0.3) is 0 Å². The Morgan fingerprint density at radius 2 is 2.50 bits per heavy atom. The van der Waals surface area contributed by atoms with Crippen molar-refractivity contribution in [2.75, 3.05) is 12.3 Å². The lowest BCUT2D eigenvalue weighted by atomic mass is 10.3. The maximum absolute atomic E-state index is 8.74. The van der Waals surface area contributed by atoms with Gasteiger partial charge in [0.05, 0.1) is 6.61 Å². The van der Waals surface area contributed by atoms with Crippen molar-refractivity contribution in [3.63, 3.8) is 0 Å². The van der Waals surface area contributed by atoms with Crippen LogP contribution in [0.25, 0.3) is 0 Å². The molecule has 4 N–H and O–H groups in total. The van der Waals surface area contributed by atoms with Gasteiger partial charge in [0, 0.05) is 23.2 Å². The van der Waals surface area contributed by atoms with Crippen LogP contribution < -0.4 is 11.1 Å². The van der Waals surface area contributed by atoms with Crippen molar-refractivity contribution in [1.29, 1.82) is 0 Å². The summed E-state index contributed by atoms with van der Waals surface area (Å²) < 4.78 is 0. The van der Waals surface area contributed by atoms with Gasteiger partial charge >= 0.3 is 0 Å². The lowest BCUT2D eigenvalue weighted by molar-refractivity contribution is 0.251. The zero-order valence-electron chi connectivity index (χ0n) is 7.08. The van der Waals surface area contributed by atoms with Gasteiger partial charge in [-0.3, -0.25) is 0 Å². The van der Waals surface area contributed by atoms with Gasteiger partial charge in [-0.1, -0.05) is 0 Å². The van der Waals surface area contributed by atoms with E-state index in [9.17, 15) is 0 Å². The summed E-state index contributed by atoms with van der Waals surface area (Å²) in [5.74, 6) is 0. The molecular weight excluding hydrogens is 172 g/mol. The molecule has 1 heterocycles. The predicted octanol–water partition coefficient (Wildman–Crippen LogP) is 0.801. The standard InChI is InChI=1S/C8H14N2OS/c1-6(5-11)10-4-8-7(9)2-3-12-8/h2-3,6,10-11H,4-5,9H2,1H3. The molecule has 0 saturated carbocycles. The van der Waals surface area contributed by atoms with E-state index in [2.05, 4.69) is 5.32 Å². The molecule has 1 aromatic rings. The average molecular weight is 186 g/mol. The molecule has 1 rings (SSSR count). The number of hydrogen-bond acceptors (Lipinski definition) is 4. The highest BCUT2D eigenvalue weighted by Crippen LogP contribution is 2.18. The molecule has 0 aromatic carbocycles. The highest BCUT2D eigenvalue weighted by Gasteiger charge is 2.02. The summed E-state index contributed by atoms with van der Waals surface area (Å²) in [6, 6.07) is 2.03. The van der Waals surface area contributed by atoms with Crippen LogP contribution in [0.5, 0.6) is 0 Å². The molecule has 1 atom stereocenters. The van der Waals surface area contributed by atoms with E-state index in [1.54, 1.807) is 11.3 Å². The molecule has 0 aliphatic carbocycles. The molecule has 0 saturated heterocycles. The molecule has 0 spiro atoms. The van der Waals surface area contributed by atoms with Crippen LogP contribution in [0.1, 0.15) is 11.8 Å². The summed E-state index contributed by atoms with van der Waals surface area (Å²) in [5, 5.41) is 13.9. The third kappa shape index (κ3) is 2.48. The van der Waals surface area contributed by atoms with Gasteiger partial charge in [0.2, 0.25) is 0 Å². The zero-order valence-corrected chi connectivity index (χ0v) is 7.90. The molecule has 3 nitrogen and oxygen atoms in total. The Hall–Kier alpha value is -0.580. The van der Waals surface area contributed by atoms with Crippen molar-refractivity contribution in [3.05, 3.63) is 16.3 Å². The lowest BCUT2D eigenvalue weighted by Crippen LogP contribution is -2.28. The largest absolute Gasteiger partial charge is 0.398 e. The van der Waals surface area contributed by atoms with Crippen molar-refractivity contribution in [3.8, 4) is 0 Å². The molecule has 12 heavy (non-hydrogen) atoms. The predicted molar refractivity (Wildman–Crippen MR) is 52.1 cm³/mol. The highest BCUT2D eigenvalue weighted by molar-refractivity contribution is 7.10. The van der Waals surface area contributed by atoms with E-state index in [-0.39, 0.29) is 12.6 Å². The number of rotatable bonds is 4. The van der Waals surface area contributed by atoms with E-state index in [1.807, 2.05) is 18.4 Å². The SMILES string of the molecule is CC(CO)NCc1sccc1N. The summed E-state index contributed by atoms with van der Waals surface area (Å²) in [5.41, 5.74) is 6.51. The summed E-state index contributed by atoms with van der Waals surface area (Å²) in [4.78, 5) is 1.13. The maximum Gasteiger partial charge on any atom is 0.0582 e. The van der Waals surface area contributed by atoms with E-state index in [0.29, 0.717) is 0 Å². The summed E-state index contributed by atoms with van der Waals surface area (Å²) in [7, 11) is 0. The quantitative estimate of drug-likeness (QED) is 0.652. The summed E-state index contributed by atoms with van der Waals surface area (Å²) >= 11 is 1.63. The molecule has 68 valence electrons. The molecule has 0 radical (unpaired) electrons. The monoisotopic (exact) mass is 186 g/mol. The molecule has 0 aliphatic rings. The maximum atomic E-state index is 8.74. The first-order valence-electron chi connectivity index (χ1n) is 3.90. The number of hydrogen-bond donors (Lipinski definition) is 3. The molecule has 1 unspecified atom stereocenters. The van der Waals surface area contributed by atoms with Crippen molar-refractivity contribution in [2.24, 2.45) is 0 Å². The van der Waals surface area contributed by atoms with E-state index < -0.39 is 0 Å². The third-order valence-corrected chi connectivity index (χ3v) is 2.60. The average Bonchev–Trinajstić information content (AvgIpc) is 2.47. The van der Waals surface area contributed by atoms with Crippen LogP contribution in [0.4, 0.5) is 5.69 Å². The first-order chi connectivity index (χ1) is 5.74. The van der Waals surface area contributed by atoms with Gasteiger partial charge in [-0.15, -0.1) is 11.3 Å². The van der Waals surface area contributed by atoms with Crippen LogP contribution in [0.3, 0.4) is 0 Å². The fourth-order valence-electron chi connectivity index (χ4n) is 0.826. The number of anilines is 1. The molecule has 4 heteroatoms. The number of thiophene rings is 1. The number of aliphatic hydroxyl groups excluding tert-OH is 1. The Bertz CT molecular complexity index is 237. The summed E-state index contributed by atoms with van der Waals surface area (Å²) in [6.45, 7) is 2.83. The Labute approximate surface area is 76.2 Å². The van der Waals surface area contributed by atoms with Crippen LogP contribution in [-0.4, -0.2) is 17.8 Å². The minimum absolute atomic E-state index is 0.131. The van der Waals surface area contributed by atoms with E-state index >= 15 is 0 Å². The number of nitrogens with one attached hydrogen (secondary N) is 1. The molecule has 0 bridgehead atoms. The first-order valence-corrected chi connectivity index (χ1v) is 4.78. The Kier molecular flexibility index (Phi) is 3.52. The fraction of sp³-hybridized carbons (Fsp3) is 0.500. The van der Waals surface area contributed by atoms with E-state index in [0.717, 1.165) is 17.1 Å². The smallest absolute Gasteiger partial charge is 0.0582 e. The lowest BCUT2D eigenvalue weighted by Gasteiger charge is -2.09. The molecule has 0 aliphatic heterocycles. The fourth-order valence-corrected chi connectivity index (χ4v) is 1.58. The van der Waals surface area contributed by atoms with Crippen molar-refractivity contribution in [1.82, 2.24) is 5.32 Å². The van der Waals surface area contributed by atoms with Crippen LogP contribution in [0.15, 0.2) is 11.4 Å². The topological polar surface area (TPSA) is 58.3 Å². The minimum Gasteiger partial charge on any atom is -0.398 e. The van der Waals surface area contributed by atoms with Crippen molar-refractivity contribution < 1.29 is 5.11 Å². The Morgan fingerprint density at radius 1 is 1.75 bits per heavy atom. The van der Waals surface area contributed by atoms with Gasteiger partial charge in [0.1, 0.15) is 0 Å². The number of nitrogens with two attached hydrogens (primary N) is 1. The molecule has 0 amide bonds. The second kappa shape index (κ2) is 4.45. The van der Waals surface area contributed by atoms with Crippen molar-refractivity contribution >= 4 is 17.0 Å². The van der Waals surface area contributed by atoms with E-state index in [1.165, 1.54) is 0 Å². The first kappa shape index (κ1) is 9.51. The van der Waals surface area contributed by atoms with Gasteiger partial charge in [0.15, 0.2) is 0 Å². The number of nitrogen functional groups attached to an aromatic ring is 1. The zero-order chi connectivity index (χ0) is 8.97. The molecule has 0 fully saturated rings. The number of aliphatic hydroxyl groups is 1. The van der Waals surface area contributed by atoms with Crippen LogP contribution >= 0.6 is 11.3 Å². The van der Waals surface area contributed by atoms with Crippen molar-refractivity contribution in [2.45, 2.75) is 19.5 Å². The van der Waals surface area contributed by atoms with Crippen LogP contribution in [0, 0.1) is 0 Å². The van der Waals surface area contributed by atoms with Crippen LogP contribution in [0.2, 0.25) is 0 Å². The summed E-state index contributed by atoms with van der Waals surface area (Å²) in [6.07, 6.45) is 0. The molecule has 1 aromatic heterocycles. The molecular formula is C8H14N2OS. The third-order valence-electron chi connectivity index (χ3n) is 1.66. The Morgan fingerprint density at radius 3 is 3.00 bits per heavy atom. The normalized spacial score (nSPS) is 13.2. The van der Waals surface area contributed by atoms with Gasteiger partial charge in [-0.2, -0.15) is 0 Å². The second-order valence-corrected chi connectivity index (χ2v) is 3.76.